The molecule has 0 amide bonds. The van der Waals surface area contributed by atoms with Gasteiger partial charge in [-0.1, -0.05) is 12.3 Å². The van der Waals surface area contributed by atoms with Crippen LogP contribution >= 0.6 is 0 Å². The Morgan fingerprint density at radius 2 is 2.48 bits per heavy atom. The van der Waals surface area contributed by atoms with Gasteiger partial charge in [0.1, 0.15) is 5.70 Å². The lowest BCUT2D eigenvalue weighted by Gasteiger charge is -2.22. The molecule has 2 aliphatic rings. The summed E-state index contributed by atoms with van der Waals surface area (Å²) in [5.41, 5.74) is 9.50. The van der Waals surface area contributed by atoms with Crippen molar-refractivity contribution in [2.24, 2.45) is 15.7 Å². The van der Waals surface area contributed by atoms with Gasteiger partial charge in [-0.25, -0.2) is 0 Å². The highest BCUT2D eigenvalue weighted by Gasteiger charge is 2.35. The number of aliphatic hydroxyl groups excluding tert-OH is 1. The number of aliphatic imine (C=N–C) groups is 2. The van der Waals surface area contributed by atoms with E-state index >= 15 is 0 Å². The predicted octanol–water partition coefficient (Wildman–Crippen LogP) is 2.54. The number of nitrogens with zero attached hydrogens (tertiary/aromatic N) is 2. The zero-order valence-corrected chi connectivity index (χ0v) is 13.5. The van der Waals surface area contributed by atoms with E-state index in [-0.39, 0.29) is 18.5 Å². The number of ether oxygens (including phenoxy) is 1. The van der Waals surface area contributed by atoms with Crippen LogP contribution in [-0.2, 0) is 4.74 Å². The fourth-order valence-corrected chi connectivity index (χ4v) is 2.54. The van der Waals surface area contributed by atoms with Crippen molar-refractivity contribution in [3.05, 3.63) is 41.2 Å². The van der Waals surface area contributed by atoms with Gasteiger partial charge in [-0.15, -0.1) is 0 Å². The van der Waals surface area contributed by atoms with Gasteiger partial charge in [-0.3, -0.25) is 4.99 Å². The number of nitrogens with two attached hydrogens (primary N) is 1. The van der Waals surface area contributed by atoms with Crippen molar-refractivity contribution in [3.63, 3.8) is 0 Å². The van der Waals surface area contributed by atoms with Crippen LogP contribution in [0.25, 0.3) is 0 Å². The van der Waals surface area contributed by atoms with Gasteiger partial charge in [-0.05, 0) is 50.3 Å². The third-order valence-corrected chi connectivity index (χ3v) is 3.89. The average molecular weight is 319 g/mol. The minimum absolute atomic E-state index is 0.00798. The Morgan fingerprint density at radius 1 is 1.74 bits per heavy atom. The van der Waals surface area contributed by atoms with E-state index in [1.54, 1.807) is 13.1 Å². The second kappa shape index (κ2) is 7.04. The van der Waals surface area contributed by atoms with Crippen molar-refractivity contribution in [1.82, 2.24) is 0 Å². The molecule has 2 rings (SSSR count). The highest BCUT2D eigenvalue weighted by Crippen LogP contribution is 2.32. The number of aliphatic hydroxyl groups is 1. The summed E-state index contributed by atoms with van der Waals surface area (Å²) in [7, 11) is 0. The van der Waals surface area contributed by atoms with E-state index in [1.165, 1.54) is 6.08 Å². The van der Waals surface area contributed by atoms with Gasteiger partial charge in [0.05, 0.1) is 18.3 Å². The molecule has 5 nitrogen and oxygen atoms in total. The first kappa shape index (κ1) is 17.3. The first-order valence-electron chi connectivity index (χ1n) is 7.51. The summed E-state index contributed by atoms with van der Waals surface area (Å²) in [4.78, 5) is 7.85. The van der Waals surface area contributed by atoms with Crippen LogP contribution in [-0.4, -0.2) is 35.5 Å². The Morgan fingerprint density at radius 3 is 3.13 bits per heavy atom. The zero-order chi connectivity index (χ0) is 17.0. The Kier molecular flexibility index (Phi) is 5.31. The molecule has 23 heavy (non-hydrogen) atoms. The van der Waals surface area contributed by atoms with Gasteiger partial charge in [0.15, 0.2) is 5.84 Å². The van der Waals surface area contributed by atoms with E-state index in [1.807, 2.05) is 6.92 Å². The molecule has 0 aliphatic carbocycles. The van der Waals surface area contributed by atoms with Crippen LogP contribution in [0.5, 0.6) is 0 Å². The monoisotopic (exact) mass is 319 g/mol. The van der Waals surface area contributed by atoms with E-state index in [0.717, 1.165) is 18.4 Å². The fraction of sp³-hybridized carbons (Fsp3) is 0.471. The molecule has 1 fully saturated rings. The van der Waals surface area contributed by atoms with Crippen LogP contribution in [0.4, 0.5) is 4.39 Å². The molecule has 0 aromatic heterocycles. The van der Waals surface area contributed by atoms with Crippen molar-refractivity contribution in [1.29, 1.82) is 0 Å². The summed E-state index contributed by atoms with van der Waals surface area (Å²) in [6, 6.07) is 0. The molecule has 0 bridgehead atoms. The van der Waals surface area contributed by atoms with E-state index in [9.17, 15) is 9.50 Å². The smallest absolute Gasteiger partial charge is 0.258 e. The Hall–Kier alpha value is -2.01. The maximum Gasteiger partial charge on any atom is 0.258 e. The predicted molar refractivity (Wildman–Crippen MR) is 88.9 cm³/mol. The van der Waals surface area contributed by atoms with Crippen molar-refractivity contribution in [2.45, 2.75) is 44.8 Å². The first-order valence-corrected chi connectivity index (χ1v) is 7.51. The molecule has 0 aromatic rings. The number of hydrogen-bond donors (Lipinski definition) is 2. The molecule has 3 N–H and O–H groups in total. The molecule has 2 atom stereocenters. The minimum Gasteiger partial charge on any atom is -0.393 e. The number of hydrogen-bond acceptors (Lipinski definition) is 5. The molecule has 0 aromatic carbocycles. The third-order valence-electron chi connectivity index (χ3n) is 3.89. The number of amidine groups is 1. The maximum atomic E-state index is 13.2. The van der Waals surface area contributed by atoms with Crippen molar-refractivity contribution in [3.8, 4) is 0 Å². The summed E-state index contributed by atoms with van der Waals surface area (Å²) in [6.07, 6.45) is 5.37. The van der Waals surface area contributed by atoms with Crippen LogP contribution in [0.15, 0.2) is 51.2 Å². The highest BCUT2D eigenvalue weighted by atomic mass is 19.1. The number of halogens is 1. The van der Waals surface area contributed by atoms with Gasteiger partial charge in [0.25, 0.3) is 5.95 Å². The summed E-state index contributed by atoms with van der Waals surface area (Å²) < 4.78 is 19.0. The zero-order valence-electron chi connectivity index (χ0n) is 13.5. The molecule has 2 heterocycles. The van der Waals surface area contributed by atoms with Crippen LogP contribution in [0.2, 0.25) is 0 Å². The lowest BCUT2D eigenvalue weighted by molar-refractivity contribution is -0.0595. The second-order valence-corrected chi connectivity index (χ2v) is 6.12. The maximum absolute atomic E-state index is 13.2. The van der Waals surface area contributed by atoms with Crippen molar-refractivity contribution >= 4 is 12.1 Å². The second-order valence-electron chi connectivity index (χ2n) is 6.12. The van der Waals surface area contributed by atoms with Crippen molar-refractivity contribution < 1.29 is 14.2 Å². The SMILES string of the molecule is C=C(/C=N\C1=C(C)C=C=C(F)N=C1N)C[C@H]1CC[C@@](C)(CO)O1. The summed E-state index contributed by atoms with van der Waals surface area (Å²) in [5, 5.41) is 9.31. The van der Waals surface area contributed by atoms with E-state index in [0.29, 0.717) is 17.7 Å². The standard InChI is InChI=1S/C17H22FN3O2/c1-11(8-13-6-7-17(3,10-22)23-13)9-20-15-12(2)4-5-14(18)21-16(15)19/h4,9,13,22H,1,6-8,10H2,2-3H3,(H2,19,21)/b20-9-/t13-,17+/m1/s1. The molecular formula is C17H22FN3O2. The lowest BCUT2D eigenvalue weighted by Crippen LogP contribution is -2.29. The average Bonchev–Trinajstić information content (AvgIpc) is 2.81. The molecule has 0 unspecified atom stereocenters. The van der Waals surface area contributed by atoms with Crippen LogP contribution < -0.4 is 5.73 Å². The molecule has 0 spiro atoms. The molecular weight excluding hydrogens is 297 g/mol. The van der Waals surface area contributed by atoms with E-state index < -0.39 is 11.6 Å². The van der Waals surface area contributed by atoms with Crippen LogP contribution in [0.3, 0.4) is 0 Å². The molecule has 124 valence electrons. The van der Waals surface area contributed by atoms with E-state index in [4.69, 9.17) is 10.5 Å². The summed E-state index contributed by atoms with van der Waals surface area (Å²) >= 11 is 0. The normalized spacial score (nSPS) is 28.1. The third kappa shape index (κ3) is 4.48. The quantitative estimate of drug-likeness (QED) is 0.464. The molecule has 6 heteroatoms. The Bertz CT molecular complexity index is 657. The van der Waals surface area contributed by atoms with Gasteiger partial charge in [-0.2, -0.15) is 9.38 Å². The minimum atomic E-state index is -0.770. The Labute approximate surface area is 135 Å². The summed E-state index contributed by atoms with van der Waals surface area (Å²) in [5.74, 6) is -0.760. The molecule has 1 saturated heterocycles. The van der Waals surface area contributed by atoms with Crippen LogP contribution in [0.1, 0.15) is 33.1 Å². The van der Waals surface area contributed by atoms with Gasteiger partial charge in [0.2, 0.25) is 0 Å². The number of allylic oxidation sites excluding steroid dienone is 2. The highest BCUT2D eigenvalue weighted by molar-refractivity contribution is 6.00. The largest absolute Gasteiger partial charge is 0.393 e. The molecule has 0 saturated carbocycles. The lowest BCUT2D eigenvalue weighted by atomic mass is 10.0. The van der Waals surface area contributed by atoms with Gasteiger partial charge >= 0.3 is 0 Å². The van der Waals surface area contributed by atoms with Crippen molar-refractivity contribution in [2.75, 3.05) is 6.61 Å². The van der Waals surface area contributed by atoms with Gasteiger partial charge in [0, 0.05) is 6.21 Å². The Balaban J connectivity index is 2.00. The van der Waals surface area contributed by atoms with Crippen LogP contribution in [0, 0.1) is 0 Å². The molecule has 0 radical (unpaired) electrons. The molecule has 2 aliphatic heterocycles. The van der Waals surface area contributed by atoms with E-state index in [2.05, 4.69) is 22.3 Å². The summed E-state index contributed by atoms with van der Waals surface area (Å²) in [6.45, 7) is 7.63. The topological polar surface area (TPSA) is 80.2 Å². The first-order chi connectivity index (χ1) is 10.8. The van der Waals surface area contributed by atoms with Gasteiger partial charge < -0.3 is 15.6 Å². The number of rotatable bonds is 5. The fourth-order valence-electron chi connectivity index (χ4n) is 2.54.